The van der Waals surface area contributed by atoms with Gasteiger partial charge in [0.25, 0.3) is 9.84 Å². The Kier molecular flexibility index (Phi) is 4.24. The first-order valence-electron chi connectivity index (χ1n) is 5.44. The van der Waals surface area contributed by atoms with Crippen LogP contribution in [-0.2, 0) is 19.4 Å². The van der Waals surface area contributed by atoms with Crippen LogP contribution < -0.4 is 0 Å². The summed E-state index contributed by atoms with van der Waals surface area (Å²) in [6, 6.07) is 7.47. The lowest BCUT2D eigenvalue weighted by atomic mass is 10.1. The van der Waals surface area contributed by atoms with E-state index in [4.69, 9.17) is 10.3 Å². The van der Waals surface area contributed by atoms with Crippen LogP contribution >= 0.6 is 0 Å². The van der Waals surface area contributed by atoms with Crippen LogP contribution in [0.1, 0.15) is 20.8 Å². The van der Waals surface area contributed by atoms with Gasteiger partial charge in [-0.2, -0.15) is 4.79 Å². The molecule has 0 unspecified atom stereocenters. The Morgan fingerprint density at radius 3 is 2.21 bits per heavy atom. The Morgan fingerprint density at radius 2 is 1.79 bits per heavy atom. The lowest BCUT2D eigenvalue weighted by Gasteiger charge is -2.19. The van der Waals surface area contributed by atoms with Crippen molar-refractivity contribution >= 4 is 20.9 Å². The molecule has 0 fully saturated rings. The average molecular weight is 282 g/mol. The third kappa shape index (κ3) is 3.27. The normalized spacial score (nSPS) is 11.5. The molecule has 0 atom stereocenters. The molecule has 0 aliphatic heterocycles. The third-order valence-electron chi connectivity index (χ3n) is 2.31. The number of nitrogens with zero attached hydrogens (tertiary/aromatic N) is 2. The number of esters is 1. The lowest BCUT2D eigenvalue weighted by molar-refractivity contribution is -0.150. The Bertz CT molecular complexity index is 629. The van der Waals surface area contributed by atoms with Gasteiger partial charge in [-0.3, -0.25) is 4.79 Å². The maximum absolute atomic E-state index is 12.3. The quantitative estimate of drug-likeness (QED) is 0.275. The minimum Gasteiger partial charge on any atom is -0.446 e. The van der Waals surface area contributed by atoms with E-state index in [2.05, 4.69) is 4.79 Å². The van der Waals surface area contributed by atoms with Gasteiger partial charge in [0.15, 0.2) is 0 Å². The topological polar surface area (TPSA) is 96.8 Å². The van der Waals surface area contributed by atoms with Gasteiger partial charge in [-0.1, -0.05) is 18.2 Å². The standard InChI is InChI=1S/C12H14N2O4S/c1-9(15)18-12(2,3)11(14-13)19(16,17)10-7-5-4-6-8-10/h4-8H,1-3H3. The molecule has 6 nitrogen and oxygen atoms in total. The summed E-state index contributed by atoms with van der Waals surface area (Å²) in [5.41, 5.74) is 7.43. The largest absolute Gasteiger partial charge is 0.446 e. The van der Waals surface area contributed by atoms with Crippen LogP contribution in [0.4, 0.5) is 0 Å². The van der Waals surface area contributed by atoms with Crippen molar-refractivity contribution in [3.05, 3.63) is 35.9 Å². The van der Waals surface area contributed by atoms with Crippen molar-refractivity contribution in [1.29, 1.82) is 0 Å². The van der Waals surface area contributed by atoms with Gasteiger partial charge in [-0.25, -0.2) is 8.42 Å². The molecule has 102 valence electrons. The second kappa shape index (κ2) is 5.34. The summed E-state index contributed by atoms with van der Waals surface area (Å²) in [5, 5.41) is -0.624. The number of hydrogen-bond acceptors (Lipinski definition) is 4. The molecule has 0 saturated carbocycles. The number of ether oxygens (including phenoxy) is 1. The second-order valence-electron chi connectivity index (χ2n) is 4.33. The molecular formula is C12H14N2O4S. The first-order valence-corrected chi connectivity index (χ1v) is 6.92. The maximum atomic E-state index is 12.3. The number of carbonyl (C=O) groups is 1. The first-order chi connectivity index (χ1) is 8.71. The fraction of sp³-hybridized carbons (Fsp3) is 0.333. The van der Waals surface area contributed by atoms with E-state index in [-0.39, 0.29) is 4.90 Å². The van der Waals surface area contributed by atoms with Gasteiger partial charge in [0.1, 0.15) is 0 Å². The van der Waals surface area contributed by atoms with Gasteiger partial charge in [0.05, 0.1) is 4.90 Å². The number of hydrogen-bond donors (Lipinski definition) is 0. The molecule has 0 heterocycles. The van der Waals surface area contributed by atoms with E-state index in [9.17, 15) is 13.2 Å². The summed E-state index contributed by atoms with van der Waals surface area (Å²) in [6.45, 7) is 3.82. The highest BCUT2D eigenvalue weighted by Crippen LogP contribution is 2.21. The molecule has 0 spiro atoms. The van der Waals surface area contributed by atoms with Crippen molar-refractivity contribution in [2.75, 3.05) is 0 Å². The van der Waals surface area contributed by atoms with E-state index < -0.39 is 26.5 Å². The Labute approximate surface area is 111 Å². The molecule has 7 heteroatoms. The molecule has 1 aromatic carbocycles. The van der Waals surface area contributed by atoms with Gasteiger partial charge in [-0.05, 0) is 26.0 Å². The zero-order valence-corrected chi connectivity index (χ0v) is 11.6. The smallest absolute Gasteiger partial charge is 0.428 e. The summed E-state index contributed by atoms with van der Waals surface area (Å²) in [6.07, 6.45) is 0. The van der Waals surface area contributed by atoms with E-state index in [1.54, 1.807) is 18.2 Å². The summed E-state index contributed by atoms with van der Waals surface area (Å²) < 4.78 is 29.5. The Hall–Kier alpha value is -1.98. The Morgan fingerprint density at radius 1 is 1.26 bits per heavy atom. The predicted octanol–water partition coefficient (Wildman–Crippen LogP) is 1.43. The average Bonchev–Trinajstić information content (AvgIpc) is 2.28. The predicted molar refractivity (Wildman–Crippen MR) is 68.1 cm³/mol. The summed E-state index contributed by atoms with van der Waals surface area (Å²) in [5.74, 6) is -0.672. The van der Waals surface area contributed by atoms with Crippen LogP contribution in [0.25, 0.3) is 5.53 Å². The third-order valence-corrected chi connectivity index (χ3v) is 4.29. The van der Waals surface area contributed by atoms with Crippen LogP contribution in [-0.4, -0.2) is 29.8 Å². The van der Waals surface area contributed by atoms with Crippen LogP contribution in [0.5, 0.6) is 0 Å². The van der Waals surface area contributed by atoms with E-state index in [1.807, 2.05) is 0 Å². The van der Waals surface area contributed by atoms with Crippen molar-refractivity contribution in [1.82, 2.24) is 0 Å². The highest BCUT2D eigenvalue weighted by Gasteiger charge is 2.46. The molecule has 0 aliphatic carbocycles. The van der Waals surface area contributed by atoms with Crippen LogP contribution in [0.15, 0.2) is 35.2 Å². The van der Waals surface area contributed by atoms with Crippen molar-refractivity contribution < 1.29 is 22.7 Å². The molecule has 0 amide bonds. The van der Waals surface area contributed by atoms with E-state index in [1.165, 1.54) is 26.0 Å². The van der Waals surface area contributed by atoms with Gasteiger partial charge in [-0.15, -0.1) is 0 Å². The second-order valence-corrected chi connectivity index (χ2v) is 6.19. The van der Waals surface area contributed by atoms with E-state index >= 15 is 0 Å². The molecule has 1 aromatic rings. The number of carbonyl (C=O) groups excluding carboxylic acids is 1. The zero-order valence-electron chi connectivity index (χ0n) is 10.8. The van der Waals surface area contributed by atoms with Crippen molar-refractivity contribution in [2.45, 2.75) is 31.3 Å². The maximum Gasteiger partial charge on any atom is 0.428 e. The number of benzene rings is 1. The molecule has 0 saturated heterocycles. The van der Waals surface area contributed by atoms with Gasteiger partial charge in [0.2, 0.25) is 5.60 Å². The molecular weight excluding hydrogens is 268 g/mol. The van der Waals surface area contributed by atoms with Gasteiger partial charge in [0, 0.05) is 6.92 Å². The highest BCUT2D eigenvalue weighted by atomic mass is 32.2. The van der Waals surface area contributed by atoms with Gasteiger partial charge < -0.3 is 10.3 Å². The summed E-state index contributed by atoms with van der Waals surface area (Å²) in [4.78, 5) is 13.8. The zero-order chi connectivity index (χ0) is 14.7. The molecule has 0 aliphatic rings. The minimum absolute atomic E-state index is 0.0389. The summed E-state index contributed by atoms with van der Waals surface area (Å²) in [7, 11) is -4.03. The first kappa shape index (κ1) is 15.1. The molecule has 1 rings (SSSR count). The summed E-state index contributed by atoms with van der Waals surface area (Å²) >= 11 is 0. The number of rotatable bonds is 3. The fourth-order valence-electron chi connectivity index (χ4n) is 1.61. The van der Waals surface area contributed by atoms with E-state index in [0.29, 0.717) is 0 Å². The van der Waals surface area contributed by atoms with Crippen molar-refractivity contribution in [3.8, 4) is 0 Å². The van der Waals surface area contributed by atoms with Gasteiger partial charge >= 0.3 is 11.0 Å². The SMILES string of the molecule is CC(=O)OC(C)(C)C(=[N+]=[N-])S(=O)(=O)c1ccccc1. The van der Waals surface area contributed by atoms with E-state index in [0.717, 1.165) is 6.92 Å². The molecule has 0 bridgehead atoms. The van der Waals surface area contributed by atoms with Crippen LogP contribution in [0.2, 0.25) is 0 Å². The minimum atomic E-state index is -4.03. The molecule has 19 heavy (non-hydrogen) atoms. The fourth-order valence-corrected chi connectivity index (χ4v) is 3.15. The Balaban J connectivity index is 3.34. The molecule has 0 radical (unpaired) electrons. The lowest BCUT2D eigenvalue weighted by Crippen LogP contribution is -2.42. The van der Waals surface area contributed by atoms with Crippen molar-refractivity contribution in [2.24, 2.45) is 0 Å². The van der Waals surface area contributed by atoms with Crippen LogP contribution in [0, 0.1) is 0 Å². The molecule has 0 aromatic heterocycles. The van der Waals surface area contributed by atoms with Crippen LogP contribution in [0.3, 0.4) is 0 Å². The monoisotopic (exact) mass is 282 g/mol. The molecule has 0 N–H and O–H groups in total. The highest BCUT2D eigenvalue weighted by molar-refractivity contribution is 8.06. The van der Waals surface area contributed by atoms with Crippen molar-refractivity contribution in [3.63, 3.8) is 0 Å². The number of sulfone groups is 1.